The summed E-state index contributed by atoms with van der Waals surface area (Å²) >= 11 is 0. The van der Waals surface area contributed by atoms with Gasteiger partial charge in [0.1, 0.15) is 0 Å². The molecule has 0 bridgehead atoms. The molecule has 1 aliphatic heterocycles. The molecule has 1 unspecified atom stereocenters. The standard InChI is InChI=1S/C11H19N3O3.C2H6/c1-8-7-10(16)14(11(8)17)6-4-2-3-5-9(15)13-12;1-2/h8H,2-7,12H2,1H3,(H,13,15);1-2H3. The molecule has 0 spiro atoms. The highest BCUT2D eigenvalue weighted by Crippen LogP contribution is 2.19. The zero-order valence-electron chi connectivity index (χ0n) is 12.1. The van der Waals surface area contributed by atoms with Gasteiger partial charge in [-0.2, -0.15) is 0 Å². The summed E-state index contributed by atoms with van der Waals surface area (Å²) in [5.41, 5.74) is 2.06. The minimum atomic E-state index is -0.188. The number of rotatable bonds is 6. The Bertz CT molecular complexity index is 318. The lowest BCUT2D eigenvalue weighted by atomic mass is 10.1. The fourth-order valence-corrected chi connectivity index (χ4v) is 1.89. The highest BCUT2D eigenvalue weighted by Gasteiger charge is 2.34. The van der Waals surface area contributed by atoms with E-state index in [0.29, 0.717) is 19.4 Å². The summed E-state index contributed by atoms with van der Waals surface area (Å²) in [6.45, 7) is 6.23. The Balaban J connectivity index is 0.00000154. The van der Waals surface area contributed by atoms with Gasteiger partial charge in [0.05, 0.1) is 0 Å². The summed E-state index contributed by atoms with van der Waals surface area (Å²) in [6, 6.07) is 0. The van der Waals surface area contributed by atoms with Crippen molar-refractivity contribution in [3.05, 3.63) is 0 Å². The van der Waals surface area contributed by atoms with Gasteiger partial charge in [-0.15, -0.1) is 0 Å². The lowest BCUT2D eigenvalue weighted by molar-refractivity contribution is -0.139. The average molecular weight is 271 g/mol. The van der Waals surface area contributed by atoms with E-state index in [1.807, 2.05) is 13.8 Å². The van der Waals surface area contributed by atoms with Crippen LogP contribution in [0.25, 0.3) is 0 Å². The molecule has 0 radical (unpaired) electrons. The van der Waals surface area contributed by atoms with E-state index in [1.54, 1.807) is 6.92 Å². The van der Waals surface area contributed by atoms with Gasteiger partial charge in [-0.3, -0.25) is 24.7 Å². The van der Waals surface area contributed by atoms with Gasteiger partial charge in [-0.1, -0.05) is 27.2 Å². The van der Waals surface area contributed by atoms with Gasteiger partial charge in [0.25, 0.3) is 0 Å². The van der Waals surface area contributed by atoms with Crippen LogP contribution in [0.1, 0.15) is 52.9 Å². The minimum absolute atomic E-state index is 0.0744. The maximum absolute atomic E-state index is 11.6. The molecule has 1 saturated heterocycles. The number of carbonyl (C=O) groups excluding carboxylic acids is 3. The number of unbranched alkanes of at least 4 members (excludes halogenated alkanes) is 2. The second-order valence-corrected chi connectivity index (χ2v) is 4.37. The SMILES string of the molecule is CC.CC1CC(=O)N(CCCCCC(=O)NN)C1=O. The average Bonchev–Trinajstić information content (AvgIpc) is 2.66. The van der Waals surface area contributed by atoms with Crippen LogP contribution in [0.3, 0.4) is 0 Å². The fraction of sp³-hybridized carbons (Fsp3) is 0.769. The molecule has 6 heteroatoms. The van der Waals surface area contributed by atoms with Crippen LogP contribution in [0, 0.1) is 5.92 Å². The first-order valence-corrected chi connectivity index (χ1v) is 6.90. The molecule has 0 aromatic heterocycles. The topological polar surface area (TPSA) is 92.5 Å². The fourth-order valence-electron chi connectivity index (χ4n) is 1.89. The number of hydrazine groups is 1. The lowest BCUT2D eigenvalue weighted by Crippen LogP contribution is -2.31. The zero-order valence-corrected chi connectivity index (χ0v) is 12.1. The van der Waals surface area contributed by atoms with Crippen LogP contribution in [-0.4, -0.2) is 29.2 Å². The largest absolute Gasteiger partial charge is 0.294 e. The van der Waals surface area contributed by atoms with E-state index in [2.05, 4.69) is 5.43 Å². The van der Waals surface area contributed by atoms with Crippen molar-refractivity contribution < 1.29 is 14.4 Å². The van der Waals surface area contributed by atoms with Gasteiger partial charge >= 0.3 is 0 Å². The van der Waals surface area contributed by atoms with Crippen LogP contribution in [-0.2, 0) is 14.4 Å². The highest BCUT2D eigenvalue weighted by atomic mass is 16.2. The van der Waals surface area contributed by atoms with Crippen molar-refractivity contribution in [1.82, 2.24) is 10.3 Å². The second-order valence-electron chi connectivity index (χ2n) is 4.37. The summed E-state index contributed by atoms with van der Waals surface area (Å²) in [4.78, 5) is 35.1. The molecule has 1 heterocycles. The molecular weight excluding hydrogens is 246 g/mol. The summed E-state index contributed by atoms with van der Waals surface area (Å²) in [5, 5.41) is 0. The summed E-state index contributed by atoms with van der Waals surface area (Å²) in [6.07, 6.45) is 2.97. The molecular formula is C13H25N3O3. The van der Waals surface area contributed by atoms with E-state index >= 15 is 0 Å². The van der Waals surface area contributed by atoms with Crippen molar-refractivity contribution in [2.45, 2.75) is 52.9 Å². The van der Waals surface area contributed by atoms with Crippen molar-refractivity contribution in [3.8, 4) is 0 Å². The van der Waals surface area contributed by atoms with Gasteiger partial charge < -0.3 is 0 Å². The lowest BCUT2D eigenvalue weighted by Gasteiger charge is -2.13. The van der Waals surface area contributed by atoms with E-state index in [9.17, 15) is 14.4 Å². The third-order valence-corrected chi connectivity index (χ3v) is 2.92. The van der Waals surface area contributed by atoms with Crippen molar-refractivity contribution >= 4 is 17.7 Å². The van der Waals surface area contributed by atoms with Crippen LogP contribution in [0.4, 0.5) is 0 Å². The number of imide groups is 1. The number of amides is 3. The third kappa shape index (κ3) is 5.83. The Labute approximate surface area is 114 Å². The molecule has 1 fully saturated rings. The van der Waals surface area contributed by atoms with Gasteiger partial charge in [0.15, 0.2) is 0 Å². The quantitative estimate of drug-likeness (QED) is 0.247. The smallest absolute Gasteiger partial charge is 0.233 e. The molecule has 3 N–H and O–H groups in total. The number of nitrogens with two attached hydrogens (primary N) is 1. The van der Waals surface area contributed by atoms with Gasteiger partial charge in [-0.05, 0) is 12.8 Å². The zero-order chi connectivity index (χ0) is 14.8. The molecule has 19 heavy (non-hydrogen) atoms. The van der Waals surface area contributed by atoms with Gasteiger partial charge in [-0.25, -0.2) is 5.84 Å². The number of nitrogens with zero attached hydrogens (tertiary/aromatic N) is 1. The van der Waals surface area contributed by atoms with E-state index in [4.69, 9.17) is 5.84 Å². The third-order valence-electron chi connectivity index (χ3n) is 2.92. The van der Waals surface area contributed by atoms with Crippen molar-refractivity contribution in [2.24, 2.45) is 11.8 Å². The molecule has 6 nitrogen and oxygen atoms in total. The molecule has 0 aromatic rings. The molecule has 3 amide bonds. The molecule has 0 aliphatic carbocycles. The number of likely N-dealkylation sites (tertiary alicyclic amines) is 1. The number of hydrogen-bond donors (Lipinski definition) is 2. The van der Waals surface area contributed by atoms with Crippen LogP contribution in [0.5, 0.6) is 0 Å². The van der Waals surface area contributed by atoms with Crippen LogP contribution >= 0.6 is 0 Å². The van der Waals surface area contributed by atoms with Gasteiger partial charge in [0.2, 0.25) is 17.7 Å². The first-order valence-electron chi connectivity index (χ1n) is 6.90. The molecule has 1 rings (SSSR count). The number of carbonyl (C=O) groups is 3. The first-order chi connectivity index (χ1) is 9.06. The Kier molecular flexibility index (Phi) is 8.78. The predicted octanol–water partition coefficient (Wildman–Crippen LogP) is 0.958. The van der Waals surface area contributed by atoms with E-state index in [1.165, 1.54) is 4.90 Å². The van der Waals surface area contributed by atoms with Crippen LogP contribution in [0.2, 0.25) is 0 Å². The Morgan fingerprint density at radius 1 is 1.32 bits per heavy atom. The predicted molar refractivity (Wildman–Crippen MR) is 72.6 cm³/mol. The van der Waals surface area contributed by atoms with Crippen LogP contribution < -0.4 is 11.3 Å². The van der Waals surface area contributed by atoms with Crippen molar-refractivity contribution in [2.75, 3.05) is 6.54 Å². The molecule has 110 valence electrons. The Morgan fingerprint density at radius 2 is 1.95 bits per heavy atom. The maximum Gasteiger partial charge on any atom is 0.233 e. The maximum atomic E-state index is 11.6. The Hall–Kier alpha value is -1.43. The summed E-state index contributed by atoms with van der Waals surface area (Å²) < 4.78 is 0. The number of nitrogens with one attached hydrogen (secondary N) is 1. The summed E-state index contributed by atoms with van der Waals surface area (Å²) in [7, 11) is 0. The first kappa shape index (κ1) is 17.6. The van der Waals surface area contributed by atoms with E-state index in [-0.39, 0.29) is 23.6 Å². The van der Waals surface area contributed by atoms with Gasteiger partial charge in [0, 0.05) is 25.3 Å². The molecule has 0 aromatic carbocycles. The van der Waals surface area contributed by atoms with E-state index in [0.717, 1.165) is 19.3 Å². The highest BCUT2D eigenvalue weighted by molar-refractivity contribution is 6.03. The normalized spacial score (nSPS) is 18.1. The van der Waals surface area contributed by atoms with E-state index < -0.39 is 0 Å². The second kappa shape index (κ2) is 9.49. The number of hydrogen-bond acceptors (Lipinski definition) is 4. The summed E-state index contributed by atoms with van der Waals surface area (Å²) in [5.74, 6) is 4.42. The molecule has 0 saturated carbocycles. The van der Waals surface area contributed by atoms with Crippen molar-refractivity contribution in [1.29, 1.82) is 0 Å². The molecule has 1 aliphatic rings. The van der Waals surface area contributed by atoms with Crippen LogP contribution in [0.15, 0.2) is 0 Å². The van der Waals surface area contributed by atoms with Crippen molar-refractivity contribution in [3.63, 3.8) is 0 Å². The minimum Gasteiger partial charge on any atom is -0.294 e. The Morgan fingerprint density at radius 3 is 2.42 bits per heavy atom. The monoisotopic (exact) mass is 271 g/mol. The molecule has 1 atom stereocenters.